The van der Waals surface area contributed by atoms with Crippen molar-refractivity contribution >= 4 is 22.5 Å². The number of pyridine rings is 1. The van der Waals surface area contributed by atoms with Crippen LogP contribution in [0.1, 0.15) is 13.3 Å². The van der Waals surface area contributed by atoms with Crippen LogP contribution in [0.15, 0.2) is 30.5 Å². The third kappa shape index (κ3) is 3.38. The van der Waals surface area contributed by atoms with Crippen molar-refractivity contribution < 1.29 is 9.53 Å². The molecule has 106 valence electrons. The van der Waals surface area contributed by atoms with E-state index in [-0.39, 0.29) is 12.5 Å². The zero-order valence-corrected chi connectivity index (χ0v) is 11.8. The van der Waals surface area contributed by atoms with Crippen LogP contribution in [-0.2, 0) is 4.79 Å². The van der Waals surface area contributed by atoms with Gasteiger partial charge in [0.15, 0.2) is 0 Å². The average molecular weight is 273 g/mol. The molecule has 0 unspecified atom stereocenters. The molecule has 0 fully saturated rings. The van der Waals surface area contributed by atoms with E-state index in [0.29, 0.717) is 12.4 Å². The average Bonchev–Trinajstić information content (AvgIpc) is 2.50. The van der Waals surface area contributed by atoms with Gasteiger partial charge in [0.25, 0.3) is 0 Å². The fraction of sp³-hybridized carbons (Fsp3) is 0.333. The first kappa shape index (κ1) is 14.1. The normalized spacial score (nSPS) is 10.3. The Morgan fingerprint density at radius 2 is 2.20 bits per heavy atom. The summed E-state index contributed by atoms with van der Waals surface area (Å²) in [5.41, 5.74) is 0. The third-order valence-electron chi connectivity index (χ3n) is 2.96. The molecule has 0 radical (unpaired) electrons. The summed E-state index contributed by atoms with van der Waals surface area (Å²) in [6.07, 6.45) is 2.65. The van der Waals surface area contributed by atoms with Crippen LogP contribution in [0.2, 0.25) is 0 Å². The summed E-state index contributed by atoms with van der Waals surface area (Å²) in [4.78, 5) is 15.9. The molecule has 5 heteroatoms. The number of aromatic nitrogens is 1. The first-order valence-electron chi connectivity index (χ1n) is 6.68. The Balaban J connectivity index is 2.15. The Bertz CT molecular complexity index is 599. The Labute approximate surface area is 118 Å². The highest BCUT2D eigenvalue weighted by Crippen LogP contribution is 2.25. The number of ether oxygens (including phenoxy) is 1. The van der Waals surface area contributed by atoms with E-state index in [9.17, 15) is 4.79 Å². The Hall–Kier alpha value is -2.30. The van der Waals surface area contributed by atoms with Gasteiger partial charge >= 0.3 is 0 Å². The Kier molecular flexibility index (Phi) is 4.76. The third-order valence-corrected chi connectivity index (χ3v) is 2.96. The highest BCUT2D eigenvalue weighted by Gasteiger charge is 2.06. The fourth-order valence-corrected chi connectivity index (χ4v) is 1.91. The first-order chi connectivity index (χ1) is 9.74. The molecule has 0 saturated heterocycles. The van der Waals surface area contributed by atoms with Gasteiger partial charge in [-0.2, -0.15) is 0 Å². The molecule has 1 aromatic heterocycles. The molecule has 1 heterocycles. The molecule has 0 aliphatic rings. The quantitative estimate of drug-likeness (QED) is 0.846. The summed E-state index contributed by atoms with van der Waals surface area (Å²) < 4.78 is 5.22. The van der Waals surface area contributed by atoms with Crippen LogP contribution in [0.3, 0.4) is 0 Å². The van der Waals surface area contributed by atoms with Gasteiger partial charge < -0.3 is 15.4 Å². The van der Waals surface area contributed by atoms with Crippen molar-refractivity contribution in [3.63, 3.8) is 0 Å². The standard InChI is InChI=1S/C15H19N3O2/c1-3-7-16-14(19)10-18-15-13-9-12(20-2)5-4-11(13)6-8-17-15/h4-6,8-9H,3,7,10H2,1-2H3,(H,16,19)(H,17,18). The molecule has 5 nitrogen and oxygen atoms in total. The zero-order chi connectivity index (χ0) is 14.4. The van der Waals surface area contributed by atoms with Crippen LogP contribution in [0.5, 0.6) is 5.75 Å². The maximum absolute atomic E-state index is 11.6. The minimum absolute atomic E-state index is 0.0338. The number of amides is 1. The molecule has 2 rings (SSSR count). The van der Waals surface area contributed by atoms with Crippen molar-refractivity contribution in [3.05, 3.63) is 30.5 Å². The Morgan fingerprint density at radius 1 is 1.35 bits per heavy atom. The molecule has 0 atom stereocenters. The number of carbonyl (C=O) groups excluding carboxylic acids is 1. The minimum Gasteiger partial charge on any atom is -0.497 e. The van der Waals surface area contributed by atoms with Gasteiger partial charge in [-0.15, -0.1) is 0 Å². The summed E-state index contributed by atoms with van der Waals surface area (Å²) in [7, 11) is 1.63. The molecule has 1 amide bonds. The lowest BCUT2D eigenvalue weighted by Gasteiger charge is -2.10. The second-order valence-electron chi connectivity index (χ2n) is 4.45. The summed E-state index contributed by atoms with van der Waals surface area (Å²) >= 11 is 0. The molecule has 20 heavy (non-hydrogen) atoms. The van der Waals surface area contributed by atoms with Crippen LogP contribution in [-0.4, -0.2) is 31.1 Å². The van der Waals surface area contributed by atoms with E-state index < -0.39 is 0 Å². The molecule has 1 aromatic carbocycles. The maximum atomic E-state index is 11.6. The number of fused-ring (bicyclic) bond motifs is 1. The van der Waals surface area contributed by atoms with Gasteiger partial charge in [-0.25, -0.2) is 4.98 Å². The minimum atomic E-state index is -0.0338. The second-order valence-corrected chi connectivity index (χ2v) is 4.45. The van der Waals surface area contributed by atoms with E-state index in [0.717, 1.165) is 22.9 Å². The molecule has 0 bridgehead atoms. The zero-order valence-electron chi connectivity index (χ0n) is 11.8. The van der Waals surface area contributed by atoms with E-state index in [1.165, 1.54) is 0 Å². The number of carbonyl (C=O) groups is 1. The summed E-state index contributed by atoms with van der Waals surface area (Å²) in [6, 6.07) is 7.71. The largest absolute Gasteiger partial charge is 0.497 e. The van der Waals surface area contributed by atoms with Crippen LogP contribution in [0, 0.1) is 0 Å². The summed E-state index contributed by atoms with van der Waals surface area (Å²) in [5, 5.41) is 7.88. The SMILES string of the molecule is CCCNC(=O)CNc1nccc2ccc(OC)cc12. The number of methoxy groups -OCH3 is 1. The number of anilines is 1. The number of nitrogens with zero attached hydrogens (tertiary/aromatic N) is 1. The van der Waals surface area contributed by atoms with Crippen molar-refractivity contribution in [2.75, 3.05) is 25.5 Å². The van der Waals surface area contributed by atoms with Crippen molar-refractivity contribution in [1.29, 1.82) is 0 Å². The number of hydrogen-bond donors (Lipinski definition) is 2. The topological polar surface area (TPSA) is 63.2 Å². The van der Waals surface area contributed by atoms with Crippen molar-refractivity contribution in [1.82, 2.24) is 10.3 Å². The van der Waals surface area contributed by atoms with Crippen LogP contribution < -0.4 is 15.4 Å². The van der Waals surface area contributed by atoms with Gasteiger partial charge in [-0.05, 0) is 30.0 Å². The number of nitrogens with one attached hydrogen (secondary N) is 2. The number of benzene rings is 1. The molecule has 2 aromatic rings. The van der Waals surface area contributed by atoms with Crippen molar-refractivity contribution in [3.8, 4) is 5.75 Å². The molecule has 2 N–H and O–H groups in total. The predicted molar refractivity (Wildman–Crippen MR) is 80.1 cm³/mol. The lowest BCUT2D eigenvalue weighted by atomic mass is 10.1. The van der Waals surface area contributed by atoms with Gasteiger partial charge in [0.2, 0.25) is 5.91 Å². The number of hydrogen-bond acceptors (Lipinski definition) is 4. The van der Waals surface area contributed by atoms with E-state index in [2.05, 4.69) is 15.6 Å². The highest BCUT2D eigenvalue weighted by molar-refractivity contribution is 5.94. The fourth-order valence-electron chi connectivity index (χ4n) is 1.91. The van der Waals surface area contributed by atoms with Gasteiger partial charge in [0, 0.05) is 18.1 Å². The maximum Gasteiger partial charge on any atom is 0.239 e. The smallest absolute Gasteiger partial charge is 0.239 e. The molecule has 0 aliphatic heterocycles. The molecule has 0 spiro atoms. The van der Waals surface area contributed by atoms with Gasteiger partial charge in [0.05, 0.1) is 13.7 Å². The van der Waals surface area contributed by atoms with E-state index >= 15 is 0 Å². The monoisotopic (exact) mass is 273 g/mol. The highest BCUT2D eigenvalue weighted by atomic mass is 16.5. The van der Waals surface area contributed by atoms with Crippen LogP contribution in [0.25, 0.3) is 10.8 Å². The molecular formula is C15H19N3O2. The van der Waals surface area contributed by atoms with Gasteiger partial charge in [0.1, 0.15) is 11.6 Å². The lowest BCUT2D eigenvalue weighted by Crippen LogP contribution is -2.30. The summed E-state index contributed by atoms with van der Waals surface area (Å²) in [6.45, 7) is 2.92. The van der Waals surface area contributed by atoms with Crippen molar-refractivity contribution in [2.45, 2.75) is 13.3 Å². The molecule has 0 saturated carbocycles. The van der Waals surface area contributed by atoms with Crippen LogP contribution in [0.4, 0.5) is 5.82 Å². The van der Waals surface area contributed by atoms with E-state index in [4.69, 9.17) is 4.74 Å². The van der Waals surface area contributed by atoms with E-state index in [1.54, 1.807) is 13.3 Å². The molecular weight excluding hydrogens is 254 g/mol. The lowest BCUT2D eigenvalue weighted by molar-refractivity contribution is -0.119. The predicted octanol–water partition coefficient (Wildman–Crippen LogP) is 2.18. The Morgan fingerprint density at radius 3 is 2.95 bits per heavy atom. The van der Waals surface area contributed by atoms with Gasteiger partial charge in [-0.3, -0.25) is 4.79 Å². The van der Waals surface area contributed by atoms with Crippen LogP contribution >= 0.6 is 0 Å². The number of rotatable bonds is 6. The van der Waals surface area contributed by atoms with Crippen molar-refractivity contribution in [2.24, 2.45) is 0 Å². The van der Waals surface area contributed by atoms with E-state index in [1.807, 2.05) is 31.2 Å². The molecule has 0 aliphatic carbocycles. The van der Waals surface area contributed by atoms with Gasteiger partial charge in [-0.1, -0.05) is 13.0 Å². The second kappa shape index (κ2) is 6.75. The summed E-state index contributed by atoms with van der Waals surface area (Å²) in [5.74, 6) is 1.42. The first-order valence-corrected chi connectivity index (χ1v) is 6.68.